The molecule has 0 fully saturated rings. The van der Waals surface area contributed by atoms with Gasteiger partial charge in [-0.2, -0.15) is 0 Å². The molecule has 1 amide bonds. The summed E-state index contributed by atoms with van der Waals surface area (Å²) in [6, 6.07) is 13.4. The number of carboxylic acids is 1. The van der Waals surface area contributed by atoms with Crippen LogP contribution in [0.3, 0.4) is 0 Å². The molecule has 0 unspecified atom stereocenters. The Morgan fingerprint density at radius 2 is 1.78 bits per heavy atom. The molecule has 2 aromatic carbocycles. The second-order valence-corrected chi connectivity index (χ2v) is 5.52. The smallest absolute Gasteiger partial charge is 0.303 e. The van der Waals surface area contributed by atoms with E-state index in [0.29, 0.717) is 23.4 Å². The summed E-state index contributed by atoms with van der Waals surface area (Å²) in [4.78, 5) is 22.9. The molecule has 9 nitrogen and oxygen atoms in total. The zero-order valence-corrected chi connectivity index (χ0v) is 14.4. The molecule has 27 heavy (non-hydrogen) atoms. The van der Waals surface area contributed by atoms with Crippen molar-refractivity contribution in [1.82, 2.24) is 0 Å². The molecule has 0 aliphatic rings. The largest absolute Gasteiger partial charge is 0.486 e. The van der Waals surface area contributed by atoms with Crippen molar-refractivity contribution in [2.45, 2.75) is 12.8 Å². The molecule has 0 radical (unpaired) electrons. The van der Waals surface area contributed by atoms with Crippen molar-refractivity contribution in [3.63, 3.8) is 0 Å². The number of amides is 1. The number of hydrogen-bond acceptors (Lipinski definition) is 5. The molecule has 0 aliphatic carbocycles. The maximum atomic E-state index is 12.3. The zero-order valence-electron chi connectivity index (χ0n) is 14.4. The Morgan fingerprint density at radius 3 is 2.37 bits per heavy atom. The summed E-state index contributed by atoms with van der Waals surface area (Å²) in [6.07, 6.45) is 0.504. The number of benzene rings is 2. The van der Waals surface area contributed by atoms with Gasteiger partial charge in [-0.25, -0.2) is 0 Å². The Morgan fingerprint density at radius 1 is 1.11 bits per heavy atom. The number of carbonyl (C=O) groups is 2. The molecular weight excluding hydrogens is 350 g/mol. The molecule has 2 aromatic rings. The van der Waals surface area contributed by atoms with E-state index in [9.17, 15) is 9.59 Å². The lowest BCUT2D eigenvalue weighted by Gasteiger charge is -2.08. The molecule has 0 atom stereocenters. The van der Waals surface area contributed by atoms with E-state index in [4.69, 9.17) is 21.1 Å². The minimum atomic E-state index is -0.847. The van der Waals surface area contributed by atoms with Crippen LogP contribution in [0.2, 0.25) is 0 Å². The number of hydrogen-bond donors (Lipinski definition) is 4. The molecule has 0 saturated heterocycles. The Balaban J connectivity index is 1.90. The van der Waals surface area contributed by atoms with Gasteiger partial charge in [0.05, 0.1) is 0 Å². The van der Waals surface area contributed by atoms with Crippen LogP contribution in [0.5, 0.6) is 5.75 Å². The molecule has 9 heteroatoms. The van der Waals surface area contributed by atoms with E-state index in [0.717, 1.165) is 5.56 Å². The van der Waals surface area contributed by atoms with E-state index in [1.807, 2.05) is 0 Å². The van der Waals surface area contributed by atoms with Gasteiger partial charge in [-0.3, -0.25) is 15.0 Å². The van der Waals surface area contributed by atoms with Crippen LogP contribution in [0.15, 0.2) is 58.9 Å². The van der Waals surface area contributed by atoms with Gasteiger partial charge in [-0.1, -0.05) is 17.4 Å². The first-order valence-electron chi connectivity index (χ1n) is 8.01. The highest BCUT2D eigenvalue weighted by Gasteiger charge is 2.07. The third-order valence-corrected chi connectivity index (χ3v) is 3.51. The molecule has 140 valence electrons. The minimum absolute atomic E-state index is 0.0642. The minimum Gasteiger partial charge on any atom is -0.486 e. The van der Waals surface area contributed by atoms with Crippen molar-refractivity contribution in [3.8, 4) is 5.75 Å². The highest BCUT2D eigenvalue weighted by atomic mass is 16.5. The molecule has 2 rings (SSSR count). The number of nitrogens with one attached hydrogen (secondary N) is 2. The average Bonchev–Trinajstić information content (AvgIpc) is 2.66. The number of aliphatic carboxylic acids is 1. The zero-order chi connectivity index (χ0) is 19.6. The molecule has 0 heterocycles. The topological polar surface area (TPSA) is 150 Å². The first-order valence-corrected chi connectivity index (χ1v) is 8.01. The van der Waals surface area contributed by atoms with Crippen molar-refractivity contribution < 1.29 is 19.4 Å². The van der Waals surface area contributed by atoms with Crippen molar-refractivity contribution in [2.75, 3.05) is 11.9 Å². The fourth-order valence-electron chi connectivity index (χ4n) is 2.16. The lowest BCUT2D eigenvalue weighted by Crippen LogP contribution is -2.12. The lowest BCUT2D eigenvalue weighted by molar-refractivity contribution is -0.136. The summed E-state index contributed by atoms with van der Waals surface area (Å²) in [7, 11) is 0. The van der Waals surface area contributed by atoms with Crippen molar-refractivity contribution in [1.29, 1.82) is 5.41 Å². The van der Waals surface area contributed by atoms with Gasteiger partial charge in [0.25, 0.3) is 5.91 Å². The quantitative estimate of drug-likeness (QED) is 0.185. The maximum absolute atomic E-state index is 12.3. The van der Waals surface area contributed by atoms with Crippen LogP contribution in [-0.2, 0) is 11.2 Å². The molecule has 0 saturated carbocycles. The predicted octanol–water partition coefficient (Wildman–Crippen LogP) is 2.64. The Bertz CT molecular complexity index is 832. The van der Waals surface area contributed by atoms with E-state index in [1.54, 1.807) is 48.5 Å². The van der Waals surface area contributed by atoms with E-state index in [1.165, 1.54) is 0 Å². The van der Waals surface area contributed by atoms with E-state index < -0.39 is 5.97 Å². The molecule has 0 aliphatic heterocycles. The number of rotatable bonds is 8. The number of carboxylic acid groups (broad SMARTS) is 1. The Kier molecular flexibility index (Phi) is 7.00. The summed E-state index contributed by atoms with van der Waals surface area (Å²) >= 11 is 0. The van der Waals surface area contributed by atoms with Crippen molar-refractivity contribution in [2.24, 2.45) is 16.2 Å². The van der Waals surface area contributed by atoms with Crippen LogP contribution in [0.4, 0.5) is 5.69 Å². The van der Waals surface area contributed by atoms with Gasteiger partial charge in [-0.05, 0) is 48.4 Å². The highest BCUT2D eigenvalue weighted by molar-refractivity contribution is 6.04. The summed E-state index contributed by atoms with van der Waals surface area (Å²) in [6.45, 7) is -0.0829. The van der Waals surface area contributed by atoms with Crippen LogP contribution in [0.25, 0.3) is 0 Å². The summed E-state index contributed by atoms with van der Waals surface area (Å²) in [5, 5.41) is 25.1. The summed E-state index contributed by atoms with van der Waals surface area (Å²) in [5.74, 6) is 4.07. The maximum Gasteiger partial charge on any atom is 0.303 e. The van der Waals surface area contributed by atoms with Gasteiger partial charge in [-0.15, -0.1) is 5.11 Å². The highest BCUT2D eigenvalue weighted by Crippen LogP contribution is 2.15. The average molecular weight is 369 g/mol. The summed E-state index contributed by atoms with van der Waals surface area (Å²) in [5.41, 5.74) is 1.94. The fraction of sp³-hybridized carbons (Fsp3) is 0.167. The van der Waals surface area contributed by atoms with Crippen molar-refractivity contribution in [3.05, 3.63) is 59.7 Å². The SMILES string of the molecule is N=C(COc1ccc(C(=O)Nc2ccc(CCC(=O)O)cc2)cc1)/N=N\N. The van der Waals surface area contributed by atoms with Crippen LogP contribution in [0, 0.1) is 5.41 Å². The van der Waals surface area contributed by atoms with Gasteiger partial charge in [0.2, 0.25) is 0 Å². The monoisotopic (exact) mass is 369 g/mol. The fourth-order valence-corrected chi connectivity index (χ4v) is 2.16. The lowest BCUT2D eigenvalue weighted by atomic mass is 10.1. The summed E-state index contributed by atoms with van der Waals surface area (Å²) < 4.78 is 5.32. The van der Waals surface area contributed by atoms with Gasteiger partial charge in [0.15, 0.2) is 5.84 Å². The van der Waals surface area contributed by atoms with Gasteiger partial charge >= 0.3 is 5.97 Å². The van der Waals surface area contributed by atoms with Gasteiger partial charge < -0.3 is 21.0 Å². The van der Waals surface area contributed by atoms with Crippen LogP contribution in [-0.4, -0.2) is 29.4 Å². The molecule has 5 N–H and O–H groups in total. The first kappa shape index (κ1) is 19.6. The third-order valence-electron chi connectivity index (χ3n) is 3.51. The van der Waals surface area contributed by atoms with E-state index in [-0.39, 0.29) is 24.8 Å². The van der Waals surface area contributed by atoms with Crippen LogP contribution in [0.1, 0.15) is 22.3 Å². The number of amidine groups is 1. The van der Waals surface area contributed by atoms with E-state index >= 15 is 0 Å². The molecule has 0 aromatic heterocycles. The number of anilines is 1. The number of aryl methyl sites for hydroxylation is 1. The molecule has 0 bridgehead atoms. The van der Waals surface area contributed by atoms with Gasteiger partial charge in [0, 0.05) is 17.7 Å². The van der Waals surface area contributed by atoms with Crippen LogP contribution < -0.4 is 15.9 Å². The predicted molar refractivity (Wildman–Crippen MR) is 99.1 cm³/mol. The molecule has 0 spiro atoms. The van der Waals surface area contributed by atoms with E-state index in [2.05, 4.69) is 15.7 Å². The standard InChI is InChI=1S/C18H19N5O4/c19-16(22-23-20)11-27-15-8-4-13(5-9-15)18(26)21-14-6-1-12(2-7-14)3-10-17(24)25/h1-2,4-9H,3,10-11H2,(H,21,26)(H,24,25)(H3,19,20,22). The Labute approximate surface area is 155 Å². The van der Waals surface area contributed by atoms with Crippen LogP contribution >= 0.6 is 0 Å². The number of nitrogens with zero attached hydrogens (tertiary/aromatic N) is 2. The second-order valence-electron chi connectivity index (χ2n) is 5.52. The van der Waals surface area contributed by atoms with Gasteiger partial charge in [0.1, 0.15) is 12.4 Å². The normalized spacial score (nSPS) is 10.5. The number of carbonyl (C=O) groups excluding carboxylic acids is 1. The Hall–Kier alpha value is -3.75. The van der Waals surface area contributed by atoms with Crippen molar-refractivity contribution >= 4 is 23.4 Å². The second kappa shape index (κ2) is 9.66. The third kappa shape index (κ3) is 6.58. The first-order chi connectivity index (χ1) is 13.0. The molecular formula is C18H19N5O4. The number of ether oxygens (including phenoxy) is 1. The number of nitrogens with two attached hydrogens (primary N) is 1.